The van der Waals surface area contributed by atoms with Gasteiger partial charge < -0.3 is 23.7 Å². The Balaban J connectivity index is 1.72. The second-order valence-corrected chi connectivity index (χ2v) is 8.34. The maximum absolute atomic E-state index is 13.3. The summed E-state index contributed by atoms with van der Waals surface area (Å²) in [7, 11) is 3.21. The van der Waals surface area contributed by atoms with E-state index in [4.69, 9.17) is 13.9 Å². The number of rotatable bonds is 12. The zero-order valence-electron chi connectivity index (χ0n) is 19.6. The number of hydrogen-bond acceptors (Lipinski definition) is 5. The molecule has 0 atom stereocenters. The molecule has 174 valence electrons. The average molecular weight is 443 g/mol. The molecular formula is C25H34N2O5. The standard InChI is InChI=1S/C25H34N2O5/c1-5-24(28)27(15-20-7-8-20)17-25(29)26(16-21-10-6-18(2)32-21)13-12-19-9-11-22(30-3)23(14-19)31-4/h6,9-11,14,20H,5,7-8,12-13,15-17H2,1-4H3. The molecule has 0 aliphatic heterocycles. The minimum atomic E-state index is -0.0676. The summed E-state index contributed by atoms with van der Waals surface area (Å²) < 4.78 is 16.4. The molecule has 7 heteroatoms. The fraction of sp³-hybridized carbons (Fsp3) is 0.520. The van der Waals surface area contributed by atoms with Crippen molar-refractivity contribution >= 4 is 11.8 Å². The van der Waals surface area contributed by atoms with Crippen LogP contribution in [-0.2, 0) is 22.6 Å². The van der Waals surface area contributed by atoms with E-state index in [1.807, 2.05) is 44.2 Å². The van der Waals surface area contributed by atoms with E-state index in [1.54, 1.807) is 24.0 Å². The Labute approximate surface area is 190 Å². The van der Waals surface area contributed by atoms with Gasteiger partial charge in [0.1, 0.15) is 11.5 Å². The number of methoxy groups -OCH3 is 2. The van der Waals surface area contributed by atoms with Gasteiger partial charge in [-0.25, -0.2) is 0 Å². The Bertz CT molecular complexity index is 919. The van der Waals surface area contributed by atoms with Crippen LogP contribution < -0.4 is 9.47 Å². The van der Waals surface area contributed by atoms with E-state index in [2.05, 4.69) is 0 Å². The number of furan rings is 1. The van der Waals surface area contributed by atoms with Gasteiger partial charge in [0.05, 0.1) is 27.3 Å². The van der Waals surface area contributed by atoms with E-state index in [0.29, 0.717) is 49.9 Å². The molecule has 1 aromatic carbocycles. The molecule has 2 amide bonds. The van der Waals surface area contributed by atoms with Gasteiger partial charge in [-0.1, -0.05) is 13.0 Å². The molecule has 1 aliphatic rings. The van der Waals surface area contributed by atoms with Crippen molar-refractivity contribution in [2.45, 2.75) is 46.1 Å². The smallest absolute Gasteiger partial charge is 0.242 e. The van der Waals surface area contributed by atoms with Crippen molar-refractivity contribution in [3.8, 4) is 11.5 Å². The van der Waals surface area contributed by atoms with E-state index in [-0.39, 0.29) is 18.4 Å². The van der Waals surface area contributed by atoms with Crippen LogP contribution in [0.25, 0.3) is 0 Å². The molecule has 3 rings (SSSR count). The van der Waals surface area contributed by atoms with E-state index in [1.165, 1.54) is 0 Å². The maximum atomic E-state index is 13.3. The van der Waals surface area contributed by atoms with E-state index < -0.39 is 0 Å². The van der Waals surface area contributed by atoms with Gasteiger partial charge in [0, 0.05) is 19.5 Å². The first-order valence-corrected chi connectivity index (χ1v) is 11.2. The summed E-state index contributed by atoms with van der Waals surface area (Å²) in [5.41, 5.74) is 1.04. The predicted molar refractivity (Wildman–Crippen MR) is 122 cm³/mol. The van der Waals surface area contributed by atoms with Crippen LogP contribution >= 0.6 is 0 Å². The third-order valence-corrected chi connectivity index (χ3v) is 5.77. The molecule has 0 N–H and O–H groups in total. The summed E-state index contributed by atoms with van der Waals surface area (Å²) >= 11 is 0. The van der Waals surface area contributed by atoms with Crippen LogP contribution in [0.5, 0.6) is 11.5 Å². The lowest BCUT2D eigenvalue weighted by Gasteiger charge is -2.27. The summed E-state index contributed by atoms with van der Waals surface area (Å²) in [5, 5.41) is 0. The summed E-state index contributed by atoms with van der Waals surface area (Å²) in [6.45, 7) is 5.38. The lowest BCUT2D eigenvalue weighted by atomic mass is 10.1. The van der Waals surface area contributed by atoms with Crippen molar-refractivity contribution in [3.05, 3.63) is 47.4 Å². The van der Waals surface area contributed by atoms with Gasteiger partial charge in [0.2, 0.25) is 11.8 Å². The number of ether oxygens (including phenoxy) is 2. The number of benzene rings is 1. The van der Waals surface area contributed by atoms with Crippen LogP contribution in [0.3, 0.4) is 0 Å². The molecule has 0 radical (unpaired) electrons. The Hall–Kier alpha value is -2.96. The van der Waals surface area contributed by atoms with Crippen LogP contribution in [0.4, 0.5) is 0 Å². The van der Waals surface area contributed by atoms with Gasteiger partial charge in [-0.15, -0.1) is 0 Å². The van der Waals surface area contributed by atoms with Crippen LogP contribution in [0, 0.1) is 12.8 Å². The van der Waals surface area contributed by atoms with Crippen LogP contribution in [0.1, 0.15) is 43.3 Å². The number of hydrogen-bond donors (Lipinski definition) is 0. The third-order valence-electron chi connectivity index (χ3n) is 5.77. The van der Waals surface area contributed by atoms with Crippen molar-refractivity contribution in [1.29, 1.82) is 0 Å². The zero-order valence-corrected chi connectivity index (χ0v) is 19.6. The first-order valence-electron chi connectivity index (χ1n) is 11.2. The third kappa shape index (κ3) is 6.52. The van der Waals surface area contributed by atoms with E-state index in [0.717, 1.165) is 29.9 Å². The molecule has 1 fully saturated rings. The van der Waals surface area contributed by atoms with Crippen molar-refractivity contribution < 1.29 is 23.5 Å². The summed E-state index contributed by atoms with van der Waals surface area (Å²) in [6.07, 6.45) is 3.33. The topological polar surface area (TPSA) is 72.2 Å². The molecule has 1 heterocycles. The molecule has 0 saturated heterocycles. The van der Waals surface area contributed by atoms with Gasteiger partial charge in [-0.2, -0.15) is 0 Å². The van der Waals surface area contributed by atoms with Gasteiger partial charge in [0.25, 0.3) is 0 Å². The number of nitrogens with zero attached hydrogens (tertiary/aromatic N) is 2. The average Bonchev–Trinajstić information content (AvgIpc) is 3.53. The van der Waals surface area contributed by atoms with E-state index >= 15 is 0 Å². The Morgan fingerprint density at radius 1 is 1.03 bits per heavy atom. The van der Waals surface area contributed by atoms with Crippen LogP contribution in [0.2, 0.25) is 0 Å². The lowest BCUT2D eigenvalue weighted by molar-refractivity contribution is -0.141. The summed E-state index contributed by atoms with van der Waals surface area (Å²) in [6, 6.07) is 9.56. The number of aryl methyl sites for hydroxylation is 1. The largest absolute Gasteiger partial charge is 0.493 e. The van der Waals surface area contributed by atoms with Crippen LogP contribution in [0.15, 0.2) is 34.7 Å². The maximum Gasteiger partial charge on any atom is 0.242 e. The van der Waals surface area contributed by atoms with Crippen molar-refractivity contribution in [2.75, 3.05) is 33.9 Å². The normalized spacial score (nSPS) is 13.0. The highest BCUT2D eigenvalue weighted by atomic mass is 16.5. The second kappa shape index (κ2) is 11.1. The van der Waals surface area contributed by atoms with Gasteiger partial charge in [-0.05, 0) is 61.9 Å². The summed E-state index contributed by atoms with van der Waals surface area (Å²) in [4.78, 5) is 29.2. The highest BCUT2D eigenvalue weighted by Gasteiger charge is 2.28. The lowest BCUT2D eigenvalue weighted by Crippen LogP contribution is -2.44. The quantitative estimate of drug-likeness (QED) is 0.500. The Morgan fingerprint density at radius 2 is 1.78 bits per heavy atom. The number of carbonyl (C=O) groups excluding carboxylic acids is 2. The summed E-state index contributed by atoms with van der Waals surface area (Å²) in [5.74, 6) is 3.37. The Morgan fingerprint density at radius 3 is 2.38 bits per heavy atom. The first kappa shape index (κ1) is 23.7. The van der Waals surface area contributed by atoms with Gasteiger partial charge in [0.15, 0.2) is 11.5 Å². The second-order valence-electron chi connectivity index (χ2n) is 8.34. The van der Waals surface area contributed by atoms with Crippen molar-refractivity contribution in [1.82, 2.24) is 9.80 Å². The molecule has 7 nitrogen and oxygen atoms in total. The minimum Gasteiger partial charge on any atom is -0.493 e. The number of carbonyl (C=O) groups is 2. The molecule has 1 aliphatic carbocycles. The van der Waals surface area contributed by atoms with Crippen molar-refractivity contribution in [3.63, 3.8) is 0 Å². The predicted octanol–water partition coefficient (Wildman–Crippen LogP) is 3.83. The molecule has 0 unspecified atom stereocenters. The van der Waals surface area contributed by atoms with Crippen LogP contribution in [-0.4, -0.2) is 55.5 Å². The first-order chi connectivity index (χ1) is 15.4. The zero-order chi connectivity index (χ0) is 23.1. The highest BCUT2D eigenvalue weighted by molar-refractivity contribution is 5.84. The fourth-order valence-electron chi connectivity index (χ4n) is 3.70. The van der Waals surface area contributed by atoms with E-state index in [9.17, 15) is 9.59 Å². The number of amides is 2. The van der Waals surface area contributed by atoms with Gasteiger partial charge in [-0.3, -0.25) is 9.59 Å². The highest BCUT2D eigenvalue weighted by Crippen LogP contribution is 2.30. The molecule has 32 heavy (non-hydrogen) atoms. The van der Waals surface area contributed by atoms with Crippen molar-refractivity contribution in [2.24, 2.45) is 5.92 Å². The Kier molecular flexibility index (Phi) is 8.20. The monoisotopic (exact) mass is 442 g/mol. The molecule has 1 saturated carbocycles. The molecule has 0 spiro atoms. The molecule has 1 aromatic heterocycles. The fourth-order valence-corrected chi connectivity index (χ4v) is 3.70. The minimum absolute atomic E-state index is 0.0268. The van der Waals surface area contributed by atoms with Gasteiger partial charge >= 0.3 is 0 Å². The molecule has 2 aromatic rings. The SMILES string of the molecule is CCC(=O)N(CC(=O)N(CCc1ccc(OC)c(OC)c1)Cc1ccc(C)o1)CC1CC1. The molecular weight excluding hydrogens is 408 g/mol. The molecule has 0 bridgehead atoms.